The number of nitrogens with one attached hydrogen (secondary N) is 2. The third-order valence-corrected chi connectivity index (χ3v) is 7.36. The lowest BCUT2D eigenvalue weighted by molar-refractivity contribution is -0.135. The summed E-state index contributed by atoms with van der Waals surface area (Å²) in [6, 6.07) is 16.4. The molecule has 2 aliphatic rings. The third kappa shape index (κ3) is 5.17. The monoisotopic (exact) mass is 458 g/mol. The van der Waals surface area contributed by atoms with Crippen molar-refractivity contribution in [2.75, 3.05) is 32.7 Å². The summed E-state index contributed by atoms with van der Waals surface area (Å²) in [4.78, 5) is 34.5. The number of aromatic nitrogens is 1. The van der Waals surface area contributed by atoms with Crippen molar-refractivity contribution in [3.8, 4) is 0 Å². The molecule has 3 heterocycles. The Morgan fingerprint density at radius 1 is 0.941 bits per heavy atom. The van der Waals surface area contributed by atoms with Crippen LogP contribution >= 0.6 is 0 Å². The lowest BCUT2D eigenvalue weighted by atomic mass is 9.94. The number of nitrogens with zero attached hydrogens (tertiary/aromatic N) is 2. The number of rotatable bonds is 6. The van der Waals surface area contributed by atoms with Crippen LogP contribution in [-0.4, -0.2) is 59.3 Å². The van der Waals surface area contributed by atoms with Crippen LogP contribution in [0.25, 0.3) is 10.9 Å². The van der Waals surface area contributed by atoms with Gasteiger partial charge in [0.15, 0.2) is 0 Å². The molecule has 2 amide bonds. The van der Waals surface area contributed by atoms with Crippen LogP contribution in [0.2, 0.25) is 0 Å². The predicted octanol–water partition coefficient (Wildman–Crippen LogP) is 4.36. The van der Waals surface area contributed by atoms with E-state index < -0.39 is 6.04 Å². The Kier molecular flexibility index (Phi) is 6.95. The summed E-state index contributed by atoms with van der Waals surface area (Å²) in [5, 5.41) is 4.08. The number of aromatic amines is 1. The SMILES string of the molecule is O=C(N[C@@H](C(=O)N1CCC(CN2CCCCC2)CC1)c1ccccc1)c1ccc2cc[nH]c2c1. The van der Waals surface area contributed by atoms with Crippen LogP contribution in [0.3, 0.4) is 0 Å². The zero-order valence-electron chi connectivity index (χ0n) is 19.7. The van der Waals surface area contributed by atoms with Crippen molar-refractivity contribution in [1.82, 2.24) is 20.1 Å². The summed E-state index contributed by atoms with van der Waals surface area (Å²) >= 11 is 0. The van der Waals surface area contributed by atoms with Crippen molar-refractivity contribution in [2.24, 2.45) is 5.92 Å². The highest BCUT2D eigenvalue weighted by Crippen LogP contribution is 2.24. The van der Waals surface area contributed by atoms with E-state index in [4.69, 9.17) is 0 Å². The van der Waals surface area contributed by atoms with Crippen LogP contribution in [0.4, 0.5) is 0 Å². The molecule has 0 spiro atoms. The van der Waals surface area contributed by atoms with Gasteiger partial charge in [0.25, 0.3) is 5.91 Å². The Hall–Kier alpha value is -3.12. The predicted molar refractivity (Wildman–Crippen MR) is 135 cm³/mol. The molecule has 3 aromatic rings. The van der Waals surface area contributed by atoms with Gasteiger partial charge in [0.05, 0.1) is 0 Å². The number of benzene rings is 2. The first-order valence-electron chi connectivity index (χ1n) is 12.6. The van der Waals surface area contributed by atoms with E-state index in [1.54, 1.807) is 0 Å². The molecule has 5 rings (SSSR count). The van der Waals surface area contributed by atoms with Gasteiger partial charge in [0, 0.05) is 36.9 Å². The maximum atomic E-state index is 13.6. The minimum atomic E-state index is -0.688. The van der Waals surface area contributed by atoms with Crippen molar-refractivity contribution in [1.29, 1.82) is 0 Å². The summed E-state index contributed by atoms with van der Waals surface area (Å²) in [5.74, 6) is 0.398. The highest BCUT2D eigenvalue weighted by Gasteiger charge is 2.31. The minimum Gasteiger partial charge on any atom is -0.361 e. The number of fused-ring (bicyclic) bond motifs is 1. The molecular formula is C28H34N4O2. The smallest absolute Gasteiger partial charge is 0.252 e. The zero-order chi connectivity index (χ0) is 23.3. The average Bonchev–Trinajstić information content (AvgIpc) is 3.36. The van der Waals surface area contributed by atoms with Crippen molar-refractivity contribution >= 4 is 22.7 Å². The van der Waals surface area contributed by atoms with Crippen LogP contribution in [0.5, 0.6) is 0 Å². The topological polar surface area (TPSA) is 68.4 Å². The minimum absolute atomic E-state index is 0.0167. The summed E-state index contributed by atoms with van der Waals surface area (Å²) in [6.45, 7) is 5.10. The summed E-state index contributed by atoms with van der Waals surface area (Å²) in [6.07, 6.45) is 7.90. The molecule has 0 bridgehead atoms. The van der Waals surface area contributed by atoms with E-state index in [0.29, 0.717) is 11.5 Å². The van der Waals surface area contributed by atoms with Crippen molar-refractivity contribution in [3.05, 3.63) is 71.9 Å². The molecule has 34 heavy (non-hydrogen) atoms. The van der Waals surface area contributed by atoms with Gasteiger partial charge in [-0.1, -0.05) is 42.8 Å². The van der Waals surface area contributed by atoms with Gasteiger partial charge < -0.3 is 20.1 Å². The normalized spacial score (nSPS) is 18.6. The van der Waals surface area contributed by atoms with E-state index in [1.165, 1.54) is 32.4 Å². The zero-order valence-corrected chi connectivity index (χ0v) is 19.7. The average molecular weight is 459 g/mol. The number of piperidine rings is 2. The Bertz CT molecular complexity index is 1110. The van der Waals surface area contributed by atoms with Gasteiger partial charge in [0.2, 0.25) is 5.91 Å². The Morgan fingerprint density at radius 3 is 2.47 bits per heavy atom. The molecule has 1 atom stereocenters. The van der Waals surface area contributed by atoms with Gasteiger partial charge in [-0.3, -0.25) is 9.59 Å². The molecule has 1 aromatic heterocycles. The molecule has 0 radical (unpaired) electrons. The van der Waals surface area contributed by atoms with Crippen LogP contribution in [0.15, 0.2) is 60.8 Å². The summed E-state index contributed by atoms with van der Waals surface area (Å²) in [5.41, 5.74) is 2.27. The molecule has 2 saturated heterocycles. The van der Waals surface area contributed by atoms with Gasteiger partial charge in [-0.25, -0.2) is 0 Å². The number of hydrogen-bond donors (Lipinski definition) is 2. The molecule has 2 aromatic carbocycles. The lowest BCUT2D eigenvalue weighted by Crippen LogP contribution is -2.47. The van der Waals surface area contributed by atoms with Crippen LogP contribution in [0.1, 0.15) is 54.1 Å². The second kappa shape index (κ2) is 10.4. The molecule has 2 N–H and O–H groups in total. The largest absolute Gasteiger partial charge is 0.361 e. The standard InChI is InChI=1S/C28H34N4O2/c33-27(24-10-9-22-11-14-29-25(22)19-24)30-26(23-7-3-1-4-8-23)28(34)32-17-12-21(13-18-32)20-31-15-5-2-6-16-31/h1,3-4,7-11,14,19,21,26,29H,2,5-6,12-13,15-18,20H2,(H,30,33)/t26-/m1/s1. The summed E-state index contributed by atoms with van der Waals surface area (Å²) in [7, 11) is 0. The van der Waals surface area contributed by atoms with Crippen molar-refractivity contribution in [2.45, 2.75) is 38.1 Å². The molecule has 6 heteroatoms. The van der Waals surface area contributed by atoms with Gasteiger partial charge in [0.1, 0.15) is 6.04 Å². The Labute approximate surface area is 201 Å². The molecule has 0 aliphatic carbocycles. The molecule has 2 fully saturated rings. The van der Waals surface area contributed by atoms with Crippen molar-refractivity contribution in [3.63, 3.8) is 0 Å². The van der Waals surface area contributed by atoms with Gasteiger partial charge in [-0.15, -0.1) is 0 Å². The molecule has 2 aliphatic heterocycles. The van der Waals surface area contributed by atoms with Crippen LogP contribution < -0.4 is 5.32 Å². The highest BCUT2D eigenvalue weighted by atomic mass is 16.2. The van der Waals surface area contributed by atoms with Crippen LogP contribution in [-0.2, 0) is 4.79 Å². The quantitative estimate of drug-likeness (QED) is 0.577. The molecule has 6 nitrogen and oxygen atoms in total. The van der Waals surface area contributed by atoms with Gasteiger partial charge in [-0.05, 0) is 73.8 Å². The highest BCUT2D eigenvalue weighted by molar-refractivity contribution is 6.00. The van der Waals surface area contributed by atoms with E-state index in [2.05, 4.69) is 15.2 Å². The number of carbonyl (C=O) groups excluding carboxylic acids is 2. The first-order chi connectivity index (χ1) is 16.7. The van der Waals surface area contributed by atoms with E-state index in [-0.39, 0.29) is 11.8 Å². The maximum Gasteiger partial charge on any atom is 0.252 e. The molecular weight excluding hydrogens is 424 g/mol. The van der Waals surface area contributed by atoms with Gasteiger partial charge in [-0.2, -0.15) is 0 Å². The van der Waals surface area contributed by atoms with Crippen LogP contribution in [0, 0.1) is 5.92 Å². The molecule has 0 saturated carbocycles. The van der Waals surface area contributed by atoms with E-state index in [0.717, 1.165) is 48.9 Å². The fourth-order valence-corrected chi connectivity index (χ4v) is 5.36. The van der Waals surface area contributed by atoms with E-state index >= 15 is 0 Å². The first-order valence-corrected chi connectivity index (χ1v) is 12.6. The fraction of sp³-hybridized carbons (Fsp3) is 0.429. The third-order valence-electron chi connectivity index (χ3n) is 7.36. The van der Waals surface area contributed by atoms with Gasteiger partial charge >= 0.3 is 0 Å². The molecule has 0 unspecified atom stereocenters. The Morgan fingerprint density at radius 2 is 1.71 bits per heavy atom. The molecule has 178 valence electrons. The second-order valence-corrected chi connectivity index (χ2v) is 9.73. The van der Waals surface area contributed by atoms with E-state index in [1.807, 2.05) is 65.7 Å². The number of amides is 2. The first kappa shape index (κ1) is 22.7. The maximum absolute atomic E-state index is 13.6. The number of carbonyl (C=O) groups is 2. The Balaban J connectivity index is 1.26. The summed E-state index contributed by atoms with van der Waals surface area (Å²) < 4.78 is 0. The number of hydrogen-bond acceptors (Lipinski definition) is 3. The van der Waals surface area contributed by atoms with Crippen molar-refractivity contribution < 1.29 is 9.59 Å². The number of H-pyrrole nitrogens is 1. The lowest BCUT2D eigenvalue weighted by Gasteiger charge is -2.37. The second-order valence-electron chi connectivity index (χ2n) is 9.73. The van der Waals surface area contributed by atoms with E-state index in [9.17, 15) is 9.59 Å². The fourth-order valence-electron chi connectivity index (χ4n) is 5.36. The number of likely N-dealkylation sites (tertiary alicyclic amines) is 2.